The molecule has 5 heteroatoms. The first-order valence-electron chi connectivity index (χ1n) is 6.40. The van der Waals surface area contributed by atoms with Gasteiger partial charge in [0.15, 0.2) is 0 Å². The predicted octanol–water partition coefficient (Wildman–Crippen LogP) is 1.35. The molecule has 1 aliphatic rings. The summed E-state index contributed by atoms with van der Waals surface area (Å²) in [5, 5.41) is 0. The van der Waals surface area contributed by atoms with E-state index in [4.69, 9.17) is 4.74 Å². The summed E-state index contributed by atoms with van der Waals surface area (Å²) < 4.78 is 4.79. The summed E-state index contributed by atoms with van der Waals surface area (Å²) in [5.41, 5.74) is 0.589. The van der Waals surface area contributed by atoms with Crippen LogP contribution in [0.2, 0.25) is 0 Å². The third-order valence-electron chi connectivity index (χ3n) is 3.60. The molecule has 2 heterocycles. The molecule has 0 unspecified atom stereocenters. The third kappa shape index (κ3) is 2.92. The maximum absolute atomic E-state index is 12.3. The van der Waals surface area contributed by atoms with Crippen LogP contribution in [0.15, 0.2) is 24.5 Å². The van der Waals surface area contributed by atoms with Gasteiger partial charge in [0.25, 0.3) is 5.91 Å². The van der Waals surface area contributed by atoms with Crippen molar-refractivity contribution in [3.8, 4) is 0 Å². The number of aromatic nitrogens is 1. The number of piperidine rings is 1. The van der Waals surface area contributed by atoms with Crippen LogP contribution in [0.25, 0.3) is 0 Å². The van der Waals surface area contributed by atoms with Gasteiger partial charge in [-0.25, -0.2) is 0 Å². The zero-order valence-corrected chi connectivity index (χ0v) is 11.2. The van der Waals surface area contributed by atoms with Gasteiger partial charge in [-0.1, -0.05) is 6.92 Å². The first-order chi connectivity index (χ1) is 9.13. The molecule has 0 bridgehead atoms. The second-order valence-electron chi connectivity index (χ2n) is 4.89. The van der Waals surface area contributed by atoms with E-state index in [0.717, 1.165) is 0 Å². The van der Waals surface area contributed by atoms with Crippen molar-refractivity contribution in [3.05, 3.63) is 30.1 Å². The molecule has 1 aromatic rings. The Morgan fingerprint density at radius 2 is 2.26 bits per heavy atom. The quantitative estimate of drug-likeness (QED) is 0.755. The molecule has 1 saturated heterocycles. The maximum Gasteiger partial charge on any atom is 0.309 e. The standard InChI is InChI=1S/C14H18N2O3/c1-10-9-16(7-5-12(10)14(18)19-2)13(17)11-4-3-6-15-8-11/h3-4,6,8,10,12H,5,7,9H2,1-2H3/t10-,12-/m1/s1. The van der Waals surface area contributed by atoms with E-state index in [0.29, 0.717) is 25.1 Å². The fourth-order valence-corrected chi connectivity index (χ4v) is 2.50. The van der Waals surface area contributed by atoms with E-state index in [1.165, 1.54) is 7.11 Å². The molecule has 0 N–H and O–H groups in total. The molecule has 102 valence electrons. The number of hydrogen-bond acceptors (Lipinski definition) is 4. The molecule has 1 fully saturated rings. The lowest BCUT2D eigenvalue weighted by Crippen LogP contribution is -2.45. The molecule has 1 amide bonds. The fourth-order valence-electron chi connectivity index (χ4n) is 2.50. The molecule has 2 rings (SSSR count). The van der Waals surface area contributed by atoms with Crippen molar-refractivity contribution in [2.24, 2.45) is 11.8 Å². The van der Waals surface area contributed by atoms with Crippen molar-refractivity contribution in [3.63, 3.8) is 0 Å². The van der Waals surface area contributed by atoms with Crippen molar-refractivity contribution in [2.75, 3.05) is 20.2 Å². The second-order valence-corrected chi connectivity index (χ2v) is 4.89. The molecule has 19 heavy (non-hydrogen) atoms. The van der Waals surface area contributed by atoms with Gasteiger partial charge >= 0.3 is 5.97 Å². The van der Waals surface area contributed by atoms with Crippen LogP contribution in [0, 0.1) is 11.8 Å². The Labute approximate surface area is 112 Å². The number of ether oxygens (including phenoxy) is 1. The Bertz CT molecular complexity index is 461. The summed E-state index contributed by atoms with van der Waals surface area (Å²) >= 11 is 0. The van der Waals surface area contributed by atoms with Crippen LogP contribution in [0.5, 0.6) is 0 Å². The van der Waals surface area contributed by atoms with E-state index in [2.05, 4.69) is 4.98 Å². The molecule has 0 saturated carbocycles. The first-order valence-corrected chi connectivity index (χ1v) is 6.40. The first kappa shape index (κ1) is 13.5. The van der Waals surface area contributed by atoms with Crippen LogP contribution in [0.1, 0.15) is 23.7 Å². The SMILES string of the molecule is COC(=O)[C@@H]1CCN(C(=O)c2cccnc2)C[C@H]1C. The molecule has 0 spiro atoms. The van der Waals surface area contributed by atoms with E-state index < -0.39 is 0 Å². The van der Waals surface area contributed by atoms with Crippen LogP contribution in [0.3, 0.4) is 0 Å². The van der Waals surface area contributed by atoms with Crippen molar-refractivity contribution in [1.82, 2.24) is 9.88 Å². The maximum atomic E-state index is 12.3. The molecule has 1 aliphatic heterocycles. The minimum Gasteiger partial charge on any atom is -0.469 e. The minimum atomic E-state index is -0.180. The lowest BCUT2D eigenvalue weighted by Gasteiger charge is -2.35. The number of methoxy groups -OCH3 is 1. The van der Waals surface area contributed by atoms with Crippen LogP contribution in [0.4, 0.5) is 0 Å². The van der Waals surface area contributed by atoms with Gasteiger partial charge in [0.05, 0.1) is 18.6 Å². The Balaban J connectivity index is 2.02. The normalized spacial score (nSPS) is 22.9. The highest BCUT2D eigenvalue weighted by Gasteiger charge is 2.33. The summed E-state index contributed by atoms with van der Waals surface area (Å²) in [7, 11) is 1.40. The molecule has 5 nitrogen and oxygen atoms in total. The number of likely N-dealkylation sites (tertiary alicyclic amines) is 1. The van der Waals surface area contributed by atoms with Crippen molar-refractivity contribution in [2.45, 2.75) is 13.3 Å². The van der Waals surface area contributed by atoms with E-state index in [1.54, 1.807) is 29.4 Å². The van der Waals surface area contributed by atoms with Gasteiger partial charge in [-0.3, -0.25) is 14.6 Å². The average Bonchev–Trinajstić information content (AvgIpc) is 2.46. The van der Waals surface area contributed by atoms with Crippen LogP contribution < -0.4 is 0 Å². The van der Waals surface area contributed by atoms with Crippen LogP contribution in [-0.4, -0.2) is 42.0 Å². The van der Waals surface area contributed by atoms with Crippen molar-refractivity contribution in [1.29, 1.82) is 0 Å². The third-order valence-corrected chi connectivity index (χ3v) is 3.60. The lowest BCUT2D eigenvalue weighted by molar-refractivity contribution is -0.148. The topological polar surface area (TPSA) is 59.5 Å². The Morgan fingerprint density at radius 3 is 2.84 bits per heavy atom. The Morgan fingerprint density at radius 1 is 1.47 bits per heavy atom. The number of pyridine rings is 1. The van der Waals surface area contributed by atoms with Gasteiger partial charge in [-0.15, -0.1) is 0 Å². The van der Waals surface area contributed by atoms with Crippen LogP contribution in [-0.2, 0) is 9.53 Å². The number of esters is 1. The van der Waals surface area contributed by atoms with Crippen molar-refractivity contribution < 1.29 is 14.3 Å². The number of carbonyl (C=O) groups is 2. The average molecular weight is 262 g/mol. The second kappa shape index (κ2) is 5.82. The number of carbonyl (C=O) groups excluding carboxylic acids is 2. The summed E-state index contributed by atoms with van der Waals surface area (Å²) in [4.78, 5) is 29.6. The number of amides is 1. The Hall–Kier alpha value is -1.91. The van der Waals surface area contributed by atoms with Gasteiger partial charge in [0, 0.05) is 25.5 Å². The highest BCUT2D eigenvalue weighted by molar-refractivity contribution is 5.94. The van der Waals surface area contributed by atoms with Crippen LogP contribution >= 0.6 is 0 Å². The summed E-state index contributed by atoms with van der Waals surface area (Å²) in [6.07, 6.45) is 3.86. The largest absolute Gasteiger partial charge is 0.469 e. The zero-order chi connectivity index (χ0) is 13.8. The minimum absolute atomic E-state index is 0.0248. The van der Waals surface area contributed by atoms with Crippen molar-refractivity contribution >= 4 is 11.9 Å². The van der Waals surface area contributed by atoms with E-state index in [1.807, 2.05) is 6.92 Å². The summed E-state index contributed by atoms with van der Waals surface area (Å²) in [6, 6.07) is 3.50. The van der Waals surface area contributed by atoms with Gasteiger partial charge in [0.2, 0.25) is 0 Å². The molecule has 0 aliphatic carbocycles. The number of nitrogens with zero attached hydrogens (tertiary/aromatic N) is 2. The molecule has 0 aromatic carbocycles. The fraction of sp³-hybridized carbons (Fsp3) is 0.500. The van der Waals surface area contributed by atoms with Gasteiger partial charge < -0.3 is 9.64 Å². The number of hydrogen-bond donors (Lipinski definition) is 0. The molecule has 2 atom stereocenters. The van der Waals surface area contributed by atoms with E-state index >= 15 is 0 Å². The molecule has 0 radical (unpaired) electrons. The highest BCUT2D eigenvalue weighted by Crippen LogP contribution is 2.25. The molecule has 1 aromatic heterocycles. The summed E-state index contributed by atoms with van der Waals surface area (Å²) in [5.74, 6) is -0.200. The molecular weight excluding hydrogens is 244 g/mol. The summed E-state index contributed by atoms with van der Waals surface area (Å²) in [6.45, 7) is 3.13. The number of rotatable bonds is 2. The van der Waals surface area contributed by atoms with E-state index in [9.17, 15) is 9.59 Å². The smallest absolute Gasteiger partial charge is 0.309 e. The highest BCUT2D eigenvalue weighted by atomic mass is 16.5. The van der Waals surface area contributed by atoms with Gasteiger partial charge in [-0.05, 0) is 24.5 Å². The zero-order valence-electron chi connectivity index (χ0n) is 11.2. The van der Waals surface area contributed by atoms with E-state index in [-0.39, 0.29) is 23.7 Å². The monoisotopic (exact) mass is 262 g/mol. The predicted molar refractivity (Wildman–Crippen MR) is 69.4 cm³/mol. The van der Waals surface area contributed by atoms with Gasteiger partial charge in [0.1, 0.15) is 0 Å². The lowest BCUT2D eigenvalue weighted by atomic mass is 9.87. The Kier molecular flexibility index (Phi) is 4.14. The molecular formula is C14H18N2O3. The van der Waals surface area contributed by atoms with Gasteiger partial charge in [-0.2, -0.15) is 0 Å².